The summed E-state index contributed by atoms with van der Waals surface area (Å²) in [5.41, 5.74) is 5.28. The highest BCUT2D eigenvalue weighted by molar-refractivity contribution is 5.36. The summed E-state index contributed by atoms with van der Waals surface area (Å²) >= 11 is 0. The van der Waals surface area contributed by atoms with Crippen LogP contribution in [0.5, 0.6) is 5.88 Å². The fourth-order valence-corrected chi connectivity index (χ4v) is 0.984. The van der Waals surface area contributed by atoms with Gasteiger partial charge in [-0.05, 0) is 0 Å². The third kappa shape index (κ3) is 4.57. The summed E-state index contributed by atoms with van der Waals surface area (Å²) in [4.78, 5) is 7.92. The lowest BCUT2D eigenvalue weighted by atomic mass is 10.5. The van der Waals surface area contributed by atoms with Gasteiger partial charge in [-0.2, -0.15) is 0 Å². The van der Waals surface area contributed by atoms with Crippen LogP contribution in [0.25, 0.3) is 0 Å². The van der Waals surface area contributed by atoms with Crippen LogP contribution in [-0.4, -0.2) is 43.4 Å². The number of hydrogen-bond acceptors (Lipinski definition) is 6. The highest BCUT2D eigenvalue weighted by Gasteiger charge is 1.96. The number of hydrogen-bond donors (Lipinski definition) is 2. The van der Waals surface area contributed by atoms with Crippen molar-refractivity contribution in [3.05, 3.63) is 12.4 Å². The van der Waals surface area contributed by atoms with Crippen molar-refractivity contribution in [2.24, 2.45) is 5.73 Å². The highest BCUT2D eigenvalue weighted by Crippen LogP contribution is 2.09. The van der Waals surface area contributed by atoms with Crippen LogP contribution in [0.1, 0.15) is 0 Å². The Labute approximate surface area is 88.8 Å². The van der Waals surface area contributed by atoms with Crippen LogP contribution in [0.2, 0.25) is 0 Å². The van der Waals surface area contributed by atoms with Gasteiger partial charge in [0, 0.05) is 19.2 Å². The SMILES string of the molecule is COc1cc(NCCOCCN)ncn1. The quantitative estimate of drug-likeness (QED) is 0.613. The van der Waals surface area contributed by atoms with Gasteiger partial charge in [-0.15, -0.1) is 0 Å². The van der Waals surface area contributed by atoms with E-state index in [-0.39, 0.29) is 0 Å². The predicted octanol–water partition coefficient (Wildman–Crippen LogP) is -0.128. The number of nitrogens with one attached hydrogen (secondary N) is 1. The Bertz CT molecular complexity index is 283. The van der Waals surface area contributed by atoms with Crippen LogP contribution in [0.15, 0.2) is 12.4 Å². The number of aromatic nitrogens is 2. The molecule has 0 bridgehead atoms. The summed E-state index contributed by atoms with van der Waals surface area (Å²) in [7, 11) is 1.57. The lowest BCUT2D eigenvalue weighted by Crippen LogP contribution is -2.14. The molecule has 0 saturated carbocycles. The topological polar surface area (TPSA) is 82.3 Å². The van der Waals surface area contributed by atoms with Gasteiger partial charge in [0.05, 0.1) is 20.3 Å². The Morgan fingerprint density at radius 2 is 2.27 bits per heavy atom. The fourth-order valence-electron chi connectivity index (χ4n) is 0.984. The van der Waals surface area contributed by atoms with E-state index in [1.165, 1.54) is 6.33 Å². The van der Waals surface area contributed by atoms with Crippen molar-refractivity contribution in [2.45, 2.75) is 0 Å². The molecule has 6 nitrogen and oxygen atoms in total. The molecule has 0 spiro atoms. The van der Waals surface area contributed by atoms with E-state index >= 15 is 0 Å². The normalized spacial score (nSPS) is 10.0. The smallest absolute Gasteiger partial charge is 0.218 e. The standard InChI is InChI=1S/C9H16N4O2/c1-14-9-6-8(12-7-13-9)11-3-5-15-4-2-10/h6-7H,2-5,10H2,1H3,(H,11,12,13). The Morgan fingerprint density at radius 1 is 1.40 bits per heavy atom. The first-order valence-corrected chi connectivity index (χ1v) is 4.74. The molecule has 0 fully saturated rings. The molecule has 0 aromatic carbocycles. The molecule has 0 aliphatic rings. The van der Waals surface area contributed by atoms with Gasteiger partial charge >= 0.3 is 0 Å². The molecule has 0 aliphatic heterocycles. The molecule has 3 N–H and O–H groups in total. The molecule has 1 aromatic heterocycles. The average molecular weight is 212 g/mol. The summed E-state index contributed by atoms with van der Waals surface area (Å²) in [6.07, 6.45) is 1.45. The van der Waals surface area contributed by atoms with Crippen LogP contribution in [0.4, 0.5) is 5.82 Å². The minimum absolute atomic E-state index is 0.537. The second-order valence-corrected chi connectivity index (χ2v) is 2.77. The predicted molar refractivity (Wildman–Crippen MR) is 56.9 cm³/mol. The molecule has 0 atom stereocenters. The molecule has 0 aliphatic carbocycles. The van der Waals surface area contributed by atoms with Crippen LogP contribution >= 0.6 is 0 Å². The molecular weight excluding hydrogens is 196 g/mol. The van der Waals surface area contributed by atoms with E-state index in [1.807, 2.05) is 0 Å². The molecule has 0 amide bonds. The van der Waals surface area contributed by atoms with E-state index < -0.39 is 0 Å². The molecule has 1 aromatic rings. The largest absolute Gasteiger partial charge is 0.481 e. The number of anilines is 1. The molecule has 0 unspecified atom stereocenters. The van der Waals surface area contributed by atoms with E-state index in [2.05, 4.69) is 15.3 Å². The zero-order valence-electron chi connectivity index (χ0n) is 8.77. The molecular formula is C9H16N4O2. The zero-order chi connectivity index (χ0) is 10.9. The second-order valence-electron chi connectivity index (χ2n) is 2.77. The summed E-state index contributed by atoms with van der Waals surface area (Å²) < 4.78 is 10.2. The van der Waals surface area contributed by atoms with Gasteiger partial charge in [0.2, 0.25) is 5.88 Å². The number of nitrogens with zero attached hydrogens (tertiary/aromatic N) is 2. The molecule has 6 heteroatoms. The van der Waals surface area contributed by atoms with Crippen LogP contribution in [0, 0.1) is 0 Å². The van der Waals surface area contributed by atoms with Gasteiger partial charge < -0.3 is 20.5 Å². The van der Waals surface area contributed by atoms with Crippen molar-refractivity contribution in [3.63, 3.8) is 0 Å². The molecule has 84 valence electrons. The number of methoxy groups -OCH3 is 1. The first-order chi connectivity index (χ1) is 7.36. The monoisotopic (exact) mass is 212 g/mol. The Balaban J connectivity index is 2.24. The Morgan fingerprint density at radius 3 is 3.00 bits per heavy atom. The third-order valence-corrected chi connectivity index (χ3v) is 1.67. The van der Waals surface area contributed by atoms with Crippen molar-refractivity contribution in [1.82, 2.24) is 9.97 Å². The van der Waals surface area contributed by atoms with Gasteiger partial charge in [0.25, 0.3) is 0 Å². The minimum atomic E-state index is 0.537. The number of ether oxygens (including phenoxy) is 2. The van der Waals surface area contributed by atoms with Crippen LogP contribution in [-0.2, 0) is 4.74 Å². The summed E-state index contributed by atoms with van der Waals surface area (Å²) in [6, 6.07) is 1.73. The minimum Gasteiger partial charge on any atom is -0.481 e. The first kappa shape index (κ1) is 11.7. The number of nitrogens with two attached hydrogens (primary N) is 1. The van der Waals surface area contributed by atoms with E-state index in [1.54, 1.807) is 13.2 Å². The second kappa shape index (κ2) is 6.97. The van der Waals surface area contributed by atoms with Crippen molar-refractivity contribution in [3.8, 4) is 5.88 Å². The van der Waals surface area contributed by atoms with Gasteiger partial charge in [0.15, 0.2) is 0 Å². The highest BCUT2D eigenvalue weighted by atomic mass is 16.5. The van der Waals surface area contributed by atoms with Crippen LogP contribution in [0.3, 0.4) is 0 Å². The maximum Gasteiger partial charge on any atom is 0.218 e. The maximum absolute atomic E-state index is 5.28. The van der Waals surface area contributed by atoms with Crippen molar-refractivity contribution < 1.29 is 9.47 Å². The maximum atomic E-state index is 5.28. The van der Waals surface area contributed by atoms with Gasteiger partial charge in [-0.3, -0.25) is 0 Å². The molecule has 15 heavy (non-hydrogen) atoms. The van der Waals surface area contributed by atoms with E-state index in [9.17, 15) is 0 Å². The Kier molecular flexibility index (Phi) is 5.42. The first-order valence-electron chi connectivity index (χ1n) is 4.74. The van der Waals surface area contributed by atoms with Gasteiger partial charge in [-0.25, -0.2) is 9.97 Å². The lowest BCUT2D eigenvalue weighted by Gasteiger charge is -2.06. The van der Waals surface area contributed by atoms with E-state index in [0.29, 0.717) is 32.2 Å². The lowest BCUT2D eigenvalue weighted by molar-refractivity contribution is 0.151. The summed E-state index contributed by atoms with van der Waals surface area (Å²) in [5.74, 6) is 1.26. The Hall–Kier alpha value is -1.40. The molecule has 0 radical (unpaired) electrons. The van der Waals surface area contributed by atoms with Crippen LogP contribution < -0.4 is 15.8 Å². The van der Waals surface area contributed by atoms with Gasteiger partial charge in [0.1, 0.15) is 12.1 Å². The van der Waals surface area contributed by atoms with E-state index in [0.717, 1.165) is 5.82 Å². The van der Waals surface area contributed by atoms with Crippen molar-refractivity contribution in [2.75, 3.05) is 38.7 Å². The summed E-state index contributed by atoms with van der Waals surface area (Å²) in [5, 5.41) is 3.08. The molecule has 0 saturated heterocycles. The fraction of sp³-hybridized carbons (Fsp3) is 0.556. The number of rotatable bonds is 7. The van der Waals surface area contributed by atoms with Crippen molar-refractivity contribution in [1.29, 1.82) is 0 Å². The molecule has 1 rings (SSSR count). The molecule has 1 heterocycles. The van der Waals surface area contributed by atoms with Crippen molar-refractivity contribution >= 4 is 5.82 Å². The van der Waals surface area contributed by atoms with E-state index in [4.69, 9.17) is 15.2 Å². The zero-order valence-corrected chi connectivity index (χ0v) is 8.77. The third-order valence-electron chi connectivity index (χ3n) is 1.67. The average Bonchev–Trinajstić information content (AvgIpc) is 2.29. The van der Waals surface area contributed by atoms with Gasteiger partial charge in [-0.1, -0.05) is 0 Å². The summed E-state index contributed by atoms with van der Waals surface area (Å²) in [6.45, 7) is 2.40.